The van der Waals surface area contributed by atoms with Crippen LogP contribution in [0.25, 0.3) is 16.5 Å². The molecule has 0 bridgehead atoms. The lowest BCUT2D eigenvalue weighted by Gasteiger charge is -2.46. The molecule has 1 aliphatic heterocycles. The molecule has 0 spiro atoms. The second-order valence-corrected chi connectivity index (χ2v) is 9.15. The Balaban J connectivity index is 1.53. The largest absolute Gasteiger partial charge is 0.451 e. The number of carbonyl (C=O) groups is 1. The van der Waals surface area contributed by atoms with E-state index in [0.29, 0.717) is 16.6 Å². The average Bonchev–Trinajstić information content (AvgIpc) is 3.10. The van der Waals surface area contributed by atoms with Crippen molar-refractivity contribution in [2.75, 3.05) is 4.90 Å². The van der Waals surface area contributed by atoms with Gasteiger partial charge in [0.2, 0.25) is 0 Å². The van der Waals surface area contributed by atoms with Gasteiger partial charge in [-0.15, -0.1) is 0 Å². The van der Waals surface area contributed by atoms with Crippen LogP contribution in [0.3, 0.4) is 0 Å². The highest BCUT2D eigenvalue weighted by Crippen LogP contribution is 2.40. The predicted molar refractivity (Wildman–Crippen MR) is 128 cm³/mol. The maximum Gasteiger partial charge on any atom is 0.307 e. The summed E-state index contributed by atoms with van der Waals surface area (Å²) < 4.78 is 5.57. The average molecular weight is 436 g/mol. The third-order valence-corrected chi connectivity index (χ3v) is 5.73. The second-order valence-electron chi connectivity index (χ2n) is 8.71. The normalized spacial score (nSPS) is 15.5. The number of nitrogens with zero attached hydrogens (tertiary/aromatic N) is 2. The number of furan rings is 1. The highest BCUT2D eigenvalue weighted by atomic mass is 35.5. The SMILES string of the molecule is CC1=CC(C)(C)N(C(C)C)c2ccc(/C=N\NC(=O)c3cc4cc(Cl)ccc4o3)cc21. The van der Waals surface area contributed by atoms with E-state index in [-0.39, 0.29) is 11.3 Å². The number of benzene rings is 2. The maximum atomic E-state index is 12.4. The number of allylic oxidation sites excluding steroid dienone is 1. The van der Waals surface area contributed by atoms with Crippen LogP contribution in [0, 0.1) is 0 Å². The van der Waals surface area contributed by atoms with Gasteiger partial charge in [-0.2, -0.15) is 5.10 Å². The van der Waals surface area contributed by atoms with Crippen molar-refractivity contribution in [1.29, 1.82) is 0 Å². The summed E-state index contributed by atoms with van der Waals surface area (Å²) in [5.41, 5.74) is 7.62. The van der Waals surface area contributed by atoms with Crippen molar-refractivity contribution >= 4 is 46.0 Å². The van der Waals surface area contributed by atoms with Crippen LogP contribution in [-0.2, 0) is 0 Å². The minimum Gasteiger partial charge on any atom is -0.451 e. The molecule has 1 aromatic heterocycles. The van der Waals surface area contributed by atoms with Gasteiger partial charge in [0.25, 0.3) is 0 Å². The minimum absolute atomic E-state index is 0.0500. The molecule has 4 rings (SSSR count). The van der Waals surface area contributed by atoms with Crippen molar-refractivity contribution in [3.8, 4) is 0 Å². The molecule has 0 saturated heterocycles. The molecule has 2 aromatic carbocycles. The molecule has 0 saturated carbocycles. The quantitative estimate of drug-likeness (QED) is 0.388. The number of anilines is 1. The van der Waals surface area contributed by atoms with Crippen LogP contribution in [0.4, 0.5) is 5.69 Å². The van der Waals surface area contributed by atoms with E-state index in [1.807, 2.05) is 6.07 Å². The van der Waals surface area contributed by atoms with Crippen molar-refractivity contribution in [3.05, 3.63) is 70.5 Å². The van der Waals surface area contributed by atoms with E-state index in [0.717, 1.165) is 10.9 Å². The number of fused-ring (bicyclic) bond motifs is 2. The predicted octanol–water partition coefficient (Wildman–Crippen LogP) is 6.26. The van der Waals surface area contributed by atoms with Crippen LogP contribution in [0.15, 0.2) is 58.1 Å². The number of hydrogen-bond donors (Lipinski definition) is 1. The van der Waals surface area contributed by atoms with Crippen LogP contribution in [0.1, 0.15) is 56.3 Å². The number of amides is 1. The van der Waals surface area contributed by atoms with Crippen molar-refractivity contribution in [1.82, 2.24) is 5.43 Å². The lowest BCUT2D eigenvalue weighted by molar-refractivity contribution is 0.0929. The summed E-state index contributed by atoms with van der Waals surface area (Å²) in [6.07, 6.45) is 3.94. The van der Waals surface area contributed by atoms with Gasteiger partial charge in [-0.25, -0.2) is 5.43 Å². The molecule has 0 aliphatic carbocycles. The van der Waals surface area contributed by atoms with Gasteiger partial charge in [-0.1, -0.05) is 23.7 Å². The Morgan fingerprint density at radius 3 is 2.71 bits per heavy atom. The van der Waals surface area contributed by atoms with E-state index in [4.69, 9.17) is 16.0 Å². The minimum atomic E-state index is -0.412. The van der Waals surface area contributed by atoms with Crippen molar-refractivity contribution in [3.63, 3.8) is 0 Å². The fourth-order valence-electron chi connectivity index (χ4n) is 4.44. The summed E-state index contributed by atoms with van der Waals surface area (Å²) in [5.74, 6) is -0.223. The molecule has 31 heavy (non-hydrogen) atoms. The molecule has 1 aliphatic rings. The Hall–Kier alpha value is -3.05. The zero-order chi connectivity index (χ0) is 22.3. The zero-order valence-electron chi connectivity index (χ0n) is 18.4. The first-order valence-electron chi connectivity index (χ1n) is 10.3. The molecule has 0 unspecified atom stereocenters. The smallest absolute Gasteiger partial charge is 0.307 e. The Labute approximate surface area is 187 Å². The standard InChI is InChI=1S/C25H26ClN3O2/c1-15(2)29-21-8-6-17(10-20(21)16(3)13-25(29,4)5)14-27-28-24(30)23-12-18-11-19(26)7-9-22(18)31-23/h6-15H,1-5H3,(H,28,30)/b27-14-. The molecule has 1 N–H and O–H groups in total. The zero-order valence-corrected chi connectivity index (χ0v) is 19.1. The Kier molecular flexibility index (Phi) is 5.40. The Morgan fingerprint density at radius 2 is 1.97 bits per heavy atom. The number of rotatable bonds is 4. The fourth-order valence-corrected chi connectivity index (χ4v) is 4.62. The van der Waals surface area contributed by atoms with Crippen LogP contribution in [0.2, 0.25) is 5.02 Å². The molecular weight excluding hydrogens is 410 g/mol. The van der Waals surface area contributed by atoms with Crippen LogP contribution in [-0.4, -0.2) is 23.7 Å². The van der Waals surface area contributed by atoms with Crippen LogP contribution in [0.5, 0.6) is 0 Å². The van der Waals surface area contributed by atoms with Gasteiger partial charge in [0, 0.05) is 27.7 Å². The third-order valence-electron chi connectivity index (χ3n) is 5.49. The fraction of sp³-hybridized carbons (Fsp3) is 0.280. The molecule has 0 atom stereocenters. The number of nitrogens with one attached hydrogen (secondary N) is 1. The highest BCUT2D eigenvalue weighted by molar-refractivity contribution is 6.31. The first kappa shape index (κ1) is 21.2. The van der Waals surface area contributed by atoms with Crippen LogP contribution >= 0.6 is 11.6 Å². The molecule has 1 amide bonds. The van der Waals surface area contributed by atoms with Crippen LogP contribution < -0.4 is 10.3 Å². The molecule has 3 aromatic rings. The first-order chi connectivity index (χ1) is 14.7. The maximum absolute atomic E-state index is 12.4. The van der Waals surface area contributed by atoms with Gasteiger partial charge in [-0.05, 0) is 82.2 Å². The van der Waals surface area contributed by atoms with E-state index in [1.54, 1.807) is 30.5 Å². The van der Waals surface area contributed by atoms with Crippen molar-refractivity contribution in [2.45, 2.75) is 46.2 Å². The summed E-state index contributed by atoms with van der Waals surface area (Å²) in [6, 6.07) is 13.5. The number of hydrogen-bond acceptors (Lipinski definition) is 4. The lowest BCUT2D eigenvalue weighted by atomic mass is 9.87. The van der Waals surface area contributed by atoms with E-state index in [9.17, 15) is 4.79 Å². The molecular formula is C25H26ClN3O2. The monoisotopic (exact) mass is 435 g/mol. The number of carbonyl (C=O) groups excluding carboxylic acids is 1. The van der Waals surface area contributed by atoms with Gasteiger partial charge in [-0.3, -0.25) is 4.79 Å². The molecule has 0 fully saturated rings. The summed E-state index contributed by atoms with van der Waals surface area (Å²) in [5, 5.41) is 5.49. The van der Waals surface area contributed by atoms with E-state index < -0.39 is 5.91 Å². The van der Waals surface area contributed by atoms with Gasteiger partial charge in [0.05, 0.1) is 11.8 Å². The number of hydrazone groups is 1. The van der Waals surface area contributed by atoms with E-state index in [1.165, 1.54) is 16.8 Å². The van der Waals surface area contributed by atoms with E-state index in [2.05, 4.69) is 68.3 Å². The van der Waals surface area contributed by atoms with Gasteiger partial charge < -0.3 is 9.32 Å². The van der Waals surface area contributed by atoms with Crippen molar-refractivity contribution in [2.24, 2.45) is 5.10 Å². The van der Waals surface area contributed by atoms with Crippen molar-refractivity contribution < 1.29 is 9.21 Å². The van der Waals surface area contributed by atoms with Gasteiger partial charge in [0.15, 0.2) is 5.76 Å². The van der Waals surface area contributed by atoms with Gasteiger partial charge in [0.1, 0.15) is 5.58 Å². The third kappa shape index (κ3) is 4.10. The highest BCUT2D eigenvalue weighted by Gasteiger charge is 2.32. The van der Waals surface area contributed by atoms with Gasteiger partial charge >= 0.3 is 5.91 Å². The van der Waals surface area contributed by atoms with E-state index >= 15 is 0 Å². The summed E-state index contributed by atoms with van der Waals surface area (Å²) in [7, 11) is 0. The first-order valence-corrected chi connectivity index (χ1v) is 10.7. The molecule has 5 nitrogen and oxygen atoms in total. The lowest BCUT2D eigenvalue weighted by Crippen LogP contribution is -2.49. The summed E-state index contributed by atoms with van der Waals surface area (Å²) >= 11 is 5.99. The summed E-state index contributed by atoms with van der Waals surface area (Å²) in [4.78, 5) is 14.8. The topological polar surface area (TPSA) is 57.8 Å². The Morgan fingerprint density at radius 1 is 1.19 bits per heavy atom. The number of halogens is 1. The molecule has 0 radical (unpaired) electrons. The molecule has 6 heteroatoms. The molecule has 160 valence electrons. The Bertz CT molecular complexity index is 1220. The molecule has 2 heterocycles. The second kappa shape index (κ2) is 7.89. The summed E-state index contributed by atoms with van der Waals surface area (Å²) in [6.45, 7) is 11.0.